The lowest BCUT2D eigenvalue weighted by Gasteiger charge is -2.24. The Kier molecular flexibility index (Phi) is 3.62. The van der Waals surface area contributed by atoms with Crippen molar-refractivity contribution < 1.29 is 4.52 Å². The maximum absolute atomic E-state index is 6.27. The van der Waals surface area contributed by atoms with Crippen LogP contribution in [0.3, 0.4) is 0 Å². The third-order valence-electron chi connectivity index (χ3n) is 5.14. The molecule has 0 aliphatic carbocycles. The van der Waals surface area contributed by atoms with Gasteiger partial charge < -0.3 is 14.8 Å². The SMILES string of the molecule is Nc1ncnc2c1c(-c1cnc3ccccc3c1)c1n2CC(OP)CC1. The molecule has 1 aliphatic heterocycles. The molecule has 0 amide bonds. The van der Waals surface area contributed by atoms with Gasteiger partial charge in [0.15, 0.2) is 0 Å². The fourth-order valence-corrected chi connectivity index (χ4v) is 4.14. The summed E-state index contributed by atoms with van der Waals surface area (Å²) in [6.45, 7) is 0.757. The molecule has 0 radical (unpaired) electrons. The Hall–Kier alpha value is -2.56. The molecule has 4 aromatic rings. The smallest absolute Gasteiger partial charge is 0.146 e. The summed E-state index contributed by atoms with van der Waals surface area (Å²) in [7, 11) is 2.37. The van der Waals surface area contributed by atoms with Crippen LogP contribution >= 0.6 is 9.47 Å². The number of pyridine rings is 1. The first-order valence-corrected chi connectivity index (χ1v) is 9.05. The Bertz CT molecular complexity index is 1140. The van der Waals surface area contributed by atoms with Gasteiger partial charge in [-0.1, -0.05) is 18.2 Å². The number of benzene rings is 1. The number of nitrogens with zero attached hydrogens (tertiary/aromatic N) is 4. The van der Waals surface area contributed by atoms with E-state index in [0.717, 1.165) is 52.4 Å². The maximum Gasteiger partial charge on any atom is 0.146 e. The molecule has 26 heavy (non-hydrogen) atoms. The van der Waals surface area contributed by atoms with Crippen molar-refractivity contribution in [3.63, 3.8) is 0 Å². The second-order valence-electron chi connectivity index (χ2n) is 6.60. The van der Waals surface area contributed by atoms with E-state index in [1.54, 1.807) is 0 Å². The predicted molar refractivity (Wildman–Crippen MR) is 106 cm³/mol. The first-order valence-electron chi connectivity index (χ1n) is 8.58. The summed E-state index contributed by atoms with van der Waals surface area (Å²) in [5.41, 5.74) is 11.5. The number of aromatic nitrogens is 4. The topological polar surface area (TPSA) is 78.9 Å². The van der Waals surface area contributed by atoms with Gasteiger partial charge in [0.1, 0.15) is 17.8 Å². The summed E-state index contributed by atoms with van der Waals surface area (Å²) in [5.74, 6) is 0.503. The Balaban J connectivity index is 1.81. The summed E-state index contributed by atoms with van der Waals surface area (Å²) in [5, 5.41) is 2.01. The molecule has 3 aromatic heterocycles. The molecule has 0 saturated heterocycles. The minimum absolute atomic E-state index is 0.155. The standard InChI is InChI=1S/C19H18N5OP/c20-18-17-16(12-7-11-3-1-2-4-14(11)21-8-12)15-6-5-13(25-26)9-24(15)19(17)23-10-22-18/h1-4,7-8,10,13H,5-6,9,26H2,(H2,20,22,23). The second-order valence-corrected chi connectivity index (χ2v) is 6.88. The van der Waals surface area contributed by atoms with Gasteiger partial charge in [0.2, 0.25) is 0 Å². The molecule has 0 bridgehead atoms. The van der Waals surface area contributed by atoms with Crippen LogP contribution in [-0.2, 0) is 17.5 Å². The third-order valence-corrected chi connectivity index (χ3v) is 5.52. The van der Waals surface area contributed by atoms with Crippen molar-refractivity contribution in [2.45, 2.75) is 25.5 Å². The van der Waals surface area contributed by atoms with Crippen molar-refractivity contribution in [1.29, 1.82) is 0 Å². The van der Waals surface area contributed by atoms with Crippen molar-refractivity contribution >= 4 is 37.2 Å². The number of para-hydroxylation sites is 1. The number of anilines is 1. The van der Waals surface area contributed by atoms with Gasteiger partial charge in [-0.3, -0.25) is 4.98 Å². The highest BCUT2D eigenvalue weighted by atomic mass is 31.0. The van der Waals surface area contributed by atoms with E-state index in [1.165, 1.54) is 12.0 Å². The van der Waals surface area contributed by atoms with E-state index in [0.29, 0.717) is 5.82 Å². The molecule has 1 aliphatic rings. The fourth-order valence-electron chi connectivity index (χ4n) is 3.92. The van der Waals surface area contributed by atoms with Gasteiger partial charge in [-0.05, 0) is 25.0 Å². The van der Waals surface area contributed by atoms with Gasteiger partial charge in [-0.15, -0.1) is 0 Å². The first-order chi connectivity index (χ1) is 12.8. The summed E-state index contributed by atoms with van der Waals surface area (Å²) < 4.78 is 7.73. The number of nitrogen functional groups attached to an aromatic ring is 1. The number of nitrogens with two attached hydrogens (primary N) is 1. The number of fused-ring (bicyclic) bond motifs is 4. The van der Waals surface area contributed by atoms with Gasteiger partial charge in [0, 0.05) is 37.9 Å². The lowest BCUT2D eigenvalue weighted by molar-refractivity contribution is 0.188. The largest absolute Gasteiger partial charge is 0.383 e. The second kappa shape index (κ2) is 6.01. The zero-order valence-corrected chi connectivity index (χ0v) is 15.2. The molecule has 0 spiro atoms. The Morgan fingerprint density at radius 2 is 2.08 bits per heavy atom. The highest BCUT2D eigenvalue weighted by Gasteiger charge is 2.27. The molecule has 130 valence electrons. The van der Waals surface area contributed by atoms with Gasteiger partial charge in [-0.25, -0.2) is 9.97 Å². The molecule has 2 N–H and O–H groups in total. The molecular weight excluding hydrogens is 345 g/mol. The van der Waals surface area contributed by atoms with Gasteiger partial charge in [-0.2, -0.15) is 0 Å². The van der Waals surface area contributed by atoms with Crippen molar-refractivity contribution in [3.8, 4) is 11.1 Å². The minimum atomic E-state index is 0.155. The van der Waals surface area contributed by atoms with Crippen LogP contribution in [0.2, 0.25) is 0 Å². The lowest BCUT2D eigenvalue weighted by Crippen LogP contribution is -2.24. The monoisotopic (exact) mass is 363 g/mol. The van der Waals surface area contributed by atoms with Gasteiger partial charge >= 0.3 is 0 Å². The summed E-state index contributed by atoms with van der Waals surface area (Å²) in [6, 6.07) is 10.3. The zero-order chi connectivity index (χ0) is 17.7. The van der Waals surface area contributed by atoms with E-state index in [-0.39, 0.29) is 6.10 Å². The molecule has 2 atom stereocenters. The predicted octanol–water partition coefficient (Wildman–Crippen LogP) is 3.35. The minimum Gasteiger partial charge on any atom is -0.383 e. The quantitative estimate of drug-likeness (QED) is 0.553. The Morgan fingerprint density at radius 3 is 2.96 bits per heavy atom. The van der Waals surface area contributed by atoms with E-state index in [9.17, 15) is 0 Å². The zero-order valence-electron chi connectivity index (χ0n) is 14.1. The van der Waals surface area contributed by atoms with Crippen LogP contribution in [0.4, 0.5) is 5.82 Å². The number of rotatable bonds is 2. The molecule has 4 heterocycles. The highest BCUT2D eigenvalue weighted by Crippen LogP contribution is 2.40. The van der Waals surface area contributed by atoms with Crippen LogP contribution < -0.4 is 5.73 Å². The van der Waals surface area contributed by atoms with Crippen LogP contribution in [0, 0.1) is 0 Å². The third kappa shape index (κ3) is 2.30. The average Bonchev–Trinajstić information content (AvgIpc) is 3.02. The lowest BCUT2D eigenvalue weighted by atomic mass is 9.98. The molecule has 1 aromatic carbocycles. The number of hydrogen-bond acceptors (Lipinski definition) is 5. The fraction of sp³-hybridized carbons (Fsp3) is 0.211. The van der Waals surface area contributed by atoms with Crippen molar-refractivity contribution in [2.75, 3.05) is 5.73 Å². The van der Waals surface area contributed by atoms with Crippen molar-refractivity contribution in [2.24, 2.45) is 0 Å². The van der Waals surface area contributed by atoms with Crippen molar-refractivity contribution in [3.05, 3.63) is 48.5 Å². The molecule has 7 heteroatoms. The van der Waals surface area contributed by atoms with Gasteiger partial charge in [0.05, 0.1) is 23.6 Å². The van der Waals surface area contributed by atoms with Crippen LogP contribution in [0.1, 0.15) is 12.1 Å². The maximum atomic E-state index is 6.27. The van der Waals surface area contributed by atoms with Crippen LogP contribution in [0.15, 0.2) is 42.9 Å². The van der Waals surface area contributed by atoms with E-state index in [2.05, 4.69) is 41.1 Å². The Labute approximate surface area is 152 Å². The summed E-state index contributed by atoms with van der Waals surface area (Å²) in [6.07, 6.45) is 5.46. The molecular formula is C19H18N5OP. The highest BCUT2D eigenvalue weighted by molar-refractivity contribution is 7.09. The summed E-state index contributed by atoms with van der Waals surface area (Å²) >= 11 is 0. The Morgan fingerprint density at radius 1 is 1.19 bits per heavy atom. The molecule has 6 nitrogen and oxygen atoms in total. The first kappa shape index (κ1) is 15.7. The van der Waals surface area contributed by atoms with Crippen LogP contribution in [0.5, 0.6) is 0 Å². The average molecular weight is 363 g/mol. The molecule has 5 rings (SSSR count). The molecule has 0 saturated carbocycles. The van der Waals surface area contributed by atoms with Crippen molar-refractivity contribution in [1.82, 2.24) is 19.5 Å². The van der Waals surface area contributed by atoms with E-state index in [4.69, 9.17) is 10.3 Å². The van der Waals surface area contributed by atoms with Gasteiger partial charge in [0.25, 0.3) is 0 Å². The van der Waals surface area contributed by atoms with Crippen LogP contribution in [0.25, 0.3) is 33.1 Å². The summed E-state index contributed by atoms with van der Waals surface area (Å²) in [4.78, 5) is 13.4. The molecule has 2 unspecified atom stereocenters. The number of hydrogen-bond donors (Lipinski definition) is 1. The van der Waals surface area contributed by atoms with E-state index in [1.807, 2.05) is 24.4 Å². The van der Waals surface area contributed by atoms with Crippen LogP contribution in [-0.4, -0.2) is 25.6 Å². The van der Waals surface area contributed by atoms with E-state index < -0.39 is 0 Å². The normalized spacial score (nSPS) is 16.9. The van der Waals surface area contributed by atoms with E-state index >= 15 is 0 Å². The molecule has 0 fully saturated rings.